The third kappa shape index (κ3) is 4.86. The van der Waals surface area contributed by atoms with Crippen LogP contribution in [-0.4, -0.2) is 33.6 Å². The first-order chi connectivity index (χ1) is 9.25. The van der Waals surface area contributed by atoms with Crippen LogP contribution in [0.15, 0.2) is 27.6 Å². The SMILES string of the molecule is CCOC(C)CNC(=O)c1cc(S(N)(=O)=O)ccc1Br. The van der Waals surface area contributed by atoms with Gasteiger partial charge < -0.3 is 10.1 Å². The fraction of sp³-hybridized carbons (Fsp3) is 0.417. The van der Waals surface area contributed by atoms with E-state index >= 15 is 0 Å². The van der Waals surface area contributed by atoms with E-state index in [-0.39, 0.29) is 16.6 Å². The molecule has 1 atom stereocenters. The Hall–Kier alpha value is -0.960. The van der Waals surface area contributed by atoms with E-state index < -0.39 is 15.9 Å². The van der Waals surface area contributed by atoms with Crippen LogP contribution in [0.3, 0.4) is 0 Å². The summed E-state index contributed by atoms with van der Waals surface area (Å²) in [5.41, 5.74) is 0.209. The molecule has 20 heavy (non-hydrogen) atoms. The second kappa shape index (κ2) is 7.16. The van der Waals surface area contributed by atoms with Gasteiger partial charge in [0.15, 0.2) is 0 Å². The number of halogens is 1. The molecule has 0 aliphatic heterocycles. The highest BCUT2D eigenvalue weighted by Crippen LogP contribution is 2.20. The predicted molar refractivity (Wildman–Crippen MR) is 78.9 cm³/mol. The van der Waals surface area contributed by atoms with E-state index in [0.717, 1.165) is 0 Å². The average molecular weight is 365 g/mol. The third-order valence-electron chi connectivity index (χ3n) is 2.51. The fourth-order valence-electron chi connectivity index (χ4n) is 1.53. The van der Waals surface area contributed by atoms with Gasteiger partial charge in [0.25, 0.3) is 5.91 Å². The Morgan fingerprint density at radius 1 is 1.50 bits per heavy atom. The zero-order chi connectivity index (χ0) is 15.3. The summed E-state index contributed by atoms with van der Waals surface area (Å²) in [6.45, 7) is 4.59. The molecule has 0 fully saturated rings. The second-order valence-corrected chi connectivity index (χ2v) is 6.58. The minimum Gasteiger partial charge on any atom is -0.377 e. The average Bonchev–Trinajstić information content (AvgIpc) is 2.35. The van der Waals surface area contributed by atoms with Crippen molar-refractivity contribution in [3.63, 3.8) is 0 Å². The number of rotatable bonds is 6. The van der Waals surface area contributed by atoms with Crippen LogP contribution < -0.4 is 10.5 Å². The lowest BCUT2D eigenvalue weighted by Gasteiger charge is -2.13. The number of hydrogen-bond acceptors (Lipinski definition) is 4. The maximum absolute atomic E-state index is 12.0. The van der Waals surface area contributed by atoms with Crippen LogP contribution in [0.25, 0.3) is 0 Å². The number of carbonyl (C=O) groups excluding carboxylic acids is 1. The smallest absolute Gasteiger partial charge is 0.252 e. The van der Waals surface area contributed by atoms with Gasteiger partial charge in [0.05, 0.1) is 16.6 Å². The van der Waals surface area contributed by atoms with Gasteiger partial charge in [-0.15, -0.1) is 0 Å². The van der Waals surface area contributed by atoms with Crippen molar-refractivity contribution < 1.29 is 17.9 Å². The number of hydrogen-bond donors (Lipinski definition) is 2. The van der Waals surface area contributed by atoms with Crippen molar-refractivity contribution in [3.8, 4) is 0 Å². The summed E-state index contributed by atoms with van der Waals surface area (Å²) < 4.78 is 28.3. The van der Waals surface area contributed by atoms with E-state index in [1.54, 1.807) is 0 Å². The summed E-state index contributed by atoms with van der Waals surface area (Å²) in [6, 6.07) is 4.04. The molecule has 0 saturated heterocycles. The van der Waals surface area contributed by atoms with Gasteiger partial charge in [-0.1, -0.05) is 0 Å². The standard InChI is InChI=1S/C12H17BrN2O4S/c1-3-19-8(2)7-15-12(16)10-6-9(20(14,17)18)4-5-11(10)13/h4-6,8H,3,7H2,1-2H3,(H,15,16)(H2,14,17,18). The summed E-state index contributed by atoms with van der Waals surface area (Å²) in [5.74, 6) is -0.395. The summed E-state index contributed by atoms with van der Waals surface area (Å²) in [7, 11) is -3.84. The summed E-state index contributed by atoms with van der Waals surface area (Å²) in [5, 5.41) is 7.72. The first-order valence-electron chi connectivity index (χ1n) is 5.97. The molecule has 6 nitrogen and oxygen atoms in total. The number of benzene rings is 1. The lowest BCUT2D eigenvalue weighted by atomic mass is 10.2. The highest BCUT2D eigenvalue weighted by Gasteiger charge is 2.16. The Balaban J connectivity index is 2.87. The topological polar surface area (TPSA) is 98.5 Å². The van der Waals surface area contributed by atoms with E-state index in [1.165, 1.54) is 18.2 Å². The summed E-state index contributed by atoms with van der Waals surface area (Å²) in [6.07, 6.45) is -0.121. The molecule has 1 aromatic rings. The Morgan fingerprint density at radius 3 is 2.70 bits per heavy atom. The second-order valence-electron chi connectivity index (χ2n) is 4.16. The zero-order valence-corrected chi connectivity index (χ0v) is 13.6. The van der Waals surface area contributed by atoms with Gasteiger partial charge in [-0.3, -0.25) is 4.79 Å². The molecule has 1 amide bonds. The van der Waals surface area contributed by atoms with Gasteiger partial charge in [-0.2, -0.15) is 0 Å². The number of nitrogens with one attached hydrogen (secondary N) is 1. The van der Waals surface area contributed by atoms with Crippen molar-refractivity contribution in [2.45, 2.75) is 24.8 Å². The van der Waals surface area contributed by atoms with Crippen LogP contribution in [0.5, 0.6) is 0 Å². The van der Waals surface area contributed by atoms with Crippen LogP contribution in [0, 0.1) is 0 Å². The van der Waals surface area contributed by atoms with Crippen molar-refractivity contribution in [1.82, 2.24) is 5.32 Å². The molecule has 1 unspecified atom stereocenters. The normalized spacial score (nSPS) is 13.0. The van der Waals surface area contributed by atoms with Crippen molar-refractivity contribution in [1.29, 1.82) is 0 Å². The number of nitrogens with two attached hydrogens (primary N) is 1. The zero-order valence-electron chi connectivity index (χ0n) is 11.2. The molecule has 0 saturated carbocycles. The number of ether oxygens (including phenoxy) is 1. The Bertz CT molecular complexity index is 589. The fourth-order valence-corrected chi connectivity index (χ4v) is 2.50. The van der Waals surface area contributed by atoms with Crippen LogP contribution in [-0.2, 0) is 14.8 Å². The van der Waals surface area contributed by atoms with Gasteiger partial charge in [0.1, 0.15) is 0 Å². The molecule has 0 radical (unpaired) electrons. The van der Waals surface area contributed by atoms with Gasteiger partial charge in [-0.05, 0) is 48.0 Å². The van der Waals surface area contributed by atoms with Crippen LogP contribution in [0.4, 0.5) is 0 Å². The molecule has 0 aliphatic rings. The molecule has 1 rings (SSSR count). The van der Waals surface area contributed by atoms with Crippen molar-refractivity contribution in [2.75, 3.05) is 13.2 Å². The molecule has 3 N–H and O–H groups in total. The highest BCUT2D eigenvalue weighted by atomic mass is 79.9. The molecule has 0 aromatic heterocycles. The number of primary sulfonamides is 1. The van der Waals surface area contributed by atoms with Gasteiger partial charge in [0.2, 0.25) is 10.0 Å². The van der Waals surface area contributed by atoms with E-state index in [0.29, 0.717) is 17.6 Å². The van der Waals surface area contributed by atoms with Crippen LogP contribution in [0.1, 0.15) is 24.2 Å². The Kier molecular flexibility index (Phi) is 6.12. The van der Waals surface area contributed by atoms with Crippen molar-refractivity contribution in [2.24, 2.45) is 5.14 Å². The molecular formula is C12H17BrN2O4S. The van der Waals surface area contributed by atoms with Gasteiger partial charge in [-0.25, -0.2) is 13.6 Å². The van der Waals surface area contributed by atoms with E-state index in [4.69, 9.17) is 9.88 Å². The number of sulfonamides is 1. The highest BCUT2D eigenvalue weighted by molar-refractivity contribution is 9.10. The number of carbonyl (C=O) groups is 1. The molecule has 0 bridgehead atoms. The molecular weight excluding hydrogens is 348 g/mol. The largest absolute Gasteiger partial charge is 0.377 e. The minimum absolute atomic E-state index is 0.108. The van der Waals surface area contributed by atoms with Crippen LogP contribution in [0.2, 0.25) is 0 Å². The summed E-state index contributed by atoms with van der Waals surface area (Å²) in [4.78, 5) is 11.9. The number of amides is 1. The molecule has 0 heterocycles. The lowest BCUT2D eigenvalue weighted by Crippen LogP contribution is -2.32. The van der Waals surface area contributed by atoms with Crippen LogP contribution >= 0.6 is 15.9 Å². The molecule has 112 valence electrons. The quantitative estimate of drug-likeness (QED) is 0.793. The Morgan fingerprint density at radius 2 is 2.15 bits per heavy atom. The van der Waals surface area contributed by atoms with E-state index in [2.05, 4.69) is 21.2 Å². The Labute approximate surface area is 126 Å². The monoisotopic (exact) mass is 364 g/mol. The molecule has 0 aliphatic carbocycles. The van der Waals surface area contributed by atoms with E-state index in [9.17, 15) is 13.2 Å². The predicted octanol–water partition coefficient (Wildman–Crippen LogP) is 1.25. The molecule has 1 aromatic carbocycles. The molecule has 0 spiro atoms. The van der Waals surface area contributed by atoms with Crippen molar-refractivity contribution >= 4 is 31.9 Å². The van der Waals surface area contributed by atoms with Gasteiger partial charge >= 0.3 is 0 Å². The summed E-state index contributed by atoms with van der Waals surface area (Å²) >= 11 is 3.21. The third-order valence-corrected chi connectivity index (χ3v) is 4.11. The van der Waals surface area contributed by atoms with Gasteiger partial charge in [0, 0.05) is 17.6 Å². The van der Waals surface area contributed by atoms with Crippen molar-refractivity contribution in [3.05, 3.63) is 28.2 Å². The first-order valence-corrected chi connectivity index (χ1v) is 8.31. The maximum atomic E-state index is 12.0. The van der Waals surface area contributed by atoms with E-state index in [1.807, 2.05) is 13.8 Å². The first kappa shape index (κ1) is 17.1. The minimum atomic E-state index is -3.84. The maximum Gasteiger partial charge on any atom is 0.252 e. The lowest BCUT2D eigenvalue weighted by molar-refractivity contribution is 0.0694. The molecule has 8 heteroatoms.